The van der Waals surface area contributed by atoms with Gasteiger partial charge in [0.25, 0.3) is 0 Å². The van der Waals surface area contributed by atoms with E-state index in [0.717, 1.165) is 36.8 Å². The van der Waals surface area contributed by atoms with Gasteiger partial charge in [0.2, 0.25) is 0 Å². The number of methoxy groups -OCH3 is 1. The molecular formula is C25H36O5. The van der Waals surface area contributed by atoms with E-state index in [1.165, 1.54) is 7.11 Å². The predicted molar refractivity (Wildman–Crippen MR) is 122 cm³/mol. The van der Waals surface area contributed by atoms with Gasteiger partial charge in [-0.2, -0.15) is 0 Å². The summed E-state index contributed by atoms with van der Waals surface area (Å²) in [6.07, 6.45) is 13.5. The van der Waals surface area contributed by atoms with Crippen LogP contribution in [0.4, 0.5) is 0 Å². The van der Waals surface area contributed by atoms with Crippen molar-refractivity contribution >= 4 is 18.1 Å². The van der Waals surface area contributed by atoms with Crippen LogP contribution >= 0.6 is 0 Å². The summed E-state index contributed by atoms with van der Waals surface area (Å²) < 4.78 is 4.56. The Balaban J connectivity index is 2.60. The van der Waals surface area contributed by atoms with Gasteiger partial charge in [-0.25, -0.2) is 0 Å². The number of ether oxygens (including phenoxy) is 1. The van der Waals surface area contributed by atoms with E-state index in [4.69, 9.17) is 0 Å². The van der Waals surface area contributed by atoms with Crippen LogP contribution in [0.15, 0.2) is 48.6 Å². The van der Waals surface area contributed by atoms with Gasteiger partial charge in [-0.1, -0.05) is 86.9 Å². The number of esters is 1. The highest BCUT2D eigenvalue weighted by Gasteiger charge is 2.14. The van der Waals surface area contributed by atoms with Gasteiger partial charge in [-0.05, 0) is 30.4 Å². The highest BCUT2D eigenvalue weighted by Crippen LogP contribution is 2.15. The second-order valence-corrected chi connectivity index (χ2v) is 7.32. The third kappa shape index (κ3) is 11.1. The fraction of sp³-hybridized carbons (Fsp3) is 0.480. The number of hydrogen-bond acceptors (Lipinski definition) is 5. The van der Waals surface area contributed by atoms with Crippen molar-refractivity contribution in [2.75, 3.05) is 7.11 Å². The van der Waals surface area contributed by atoms with Crippen molar-refractivity contribution in [1.29, 1.82) is 0 Å². The average Bonchev–Trinajstić information content (AvgIpc) is 2.75. The molecule has 0 saturated heterocycles. The summed E-state index contributed by atoms with van der Waals surface area (Å²) in [6, 6.07) is 7.72. The molecule has 1 aromatic carbocycles. The summed E-state index contributed by atoms with van der Waals surface area (Å²) in [5.74, 6) is -0.324. The molecule has 0 saturated carbocycles. The monoisotopic (exact) mass is 416 g/mol. The molecule has 0 fully saturated rings. The molecule has 5 nitrogen and oxygen atoms in total. The van der Waals surface area contributed by atoms with E-state index in [9.17, 15) is 20.1 Å². The topological polar surface area (TPSA) is 87.0 Å². The van der Waals surface area contributed by atoms with Crippen molar-refractivity contribution in [3.8, 4) is 0 Å². The second-order valence-electron chi connectivity index (χ2n) is 7.32. The minimum Gasteiger partial charge on any atom is -0.469 e. The van der Waals surface area contributed by atoms with Gasteiger partial charge in [-0.15, -0.1) is 0 Å². The largest absolute Gasteiger partial charge is 0.469 e. The van der Waals surface area contributed by atoms with Gasteiger partial charge in [0.15, 0.2) is 0 Å². The molecule has 0 spiro atoms. The maximum absolute atomic E-state index is 11.1. The van der Waals surface area contributed by atoms with Crippen LogP contribution in [0, 0.1) is 0 Å². The lowest BCUT2D eigenvalue weighted by Crippen LogP contribution is -2.23. The van der Waals surface area contributed by atoms with E-state index in [1.54, 1.807) is 18.2 Å². The lowest BCUT2D eigenvalue weighted by atomic mass is 10.0. The van der Waals surface area contributed by atoms with Crippen LogP contribution in [0.2, 0.25) is 0 Å². The SMILES string of the molecule is CCCCCC(O)C=CC=Cc1ccccc1C=C[C@@H](O)[C@@H](O)CCCC(=O)OC. The zero-order chi connectivity index (χ0) is 22.2. The Bertz CT molecular complexity index is 693. The van der Waals surface area contributed by atoms with E-state index in [2.05, 4.69) is 11.7 Å². The lowest BCUT2D eigenvalue weighted by Gasteiger charge is -2.14. The fourth-order valence-corrected chi connectivity index (χ4v) is 2.92. The number of hydrogen-bond donors (Lipinski definition) is 3. The number of carbonyl (C=O) groups excluding carboxylic acids is 1. The van der Waals surface area contributed by atoms with Crippen molar-refractivity contribution in [3.63, 3.8) is 0 Å². The molecule has 3 N–H and O–H groups in total. The first-order valence-corrected chi connectivity index (χ1v) is 10.7. The molecule has 0 aromatic heterocycles. The second kappa shape index (κ2) is 15.6. The summed E-state index contributed by atoms with van der Waals surface area (Å²) in [5, 5.41) is 30.1. The van der Waals surface area contributed by atoms with E-state index < -0.39 is 18.3 Å². The number of allylic oxidation sites excluding steroid dienone is 2. The molecule has 30 heavy (non-hydrogen) atoms. The smallest absolute Gasteiger partial charge is 0.305 e. The van der Waals surface area contributed by atoms with Crippen molar-refractivity contribution in [2.24, 2.45) is 0 Å². The normalized spacial score (nSPS) is 15.1. The molecule has 1 aromatic rings. The molecule has 1 rings (SSSR count). The maximum atomic E-state index is 11.1. The highest BCUT2D eigenvalue weighted by atomic mass is 16.5. The molecule has 0 heterocycles. The van der Waals surface area contributed by atoms with Crippen molar-refractivity contribution in [2.45, 2.75) is 70.2 Å². The van der Waals surface area contributed by atoms with E-state index in [0.29, 0.717) is 12.8 Å². The van der Waals surface area contributed by atoms with Crippen molar-refractivity contribution in [3.05, 3.63) is 59.7 Å². The van der Waals surface area contributed by atoms with Crippen molar-refractivity contribution in [1.82, 2.24) is 0 Å². The molecule has 0 bridgehead atoms. The Morgan fingerprint density at radius 3 is 2.33 bits per heavy atom. The average molecular weight is 417 g/mol. The quantitative estimate of drug-likeness (QED) is 0.239. The van der Waals surface area contributed by atoms with Gasteiger partial charge >= 0.3 is 5.97 Å². The van der Waals surface area contributed by atoms with Crippen molar-refractivity contribution < 1.29 is 24.9 Å². The minimum absolute atomic E-state index is 0.221. The lowest BCUT2D eigenvalue weighted by molar-refractivity contribution is -0.140. The maximum Gasteiger partial charge on any atom is 0.305 e. The number of unbranched alkanes of at least 4 members (excludes halogenated alkanes) is 2. The minimum atomic E-state index is -1.02. The Labute approximate surface area is 180 Å². The van der Waals surface area contributed by atoms with E-state index >= 15 is 0 Å². The standard InChI is InChI=1S/C25H36O5/c1-3-4-5-14-22(26)15-9-8-12-20-11-6-7-13-21(20)18-19-24(28)23(27)16-10-17-25(29)30-2/h6-9,11-13,15,18-19,22-24,26-28H,3-5,10,14,16-17H2,1-2H3/t22?,23-,24+/m0/s1. The van der Waals surface area contributed by atoms with E-state index in [1.807, 2.05) is 42.5 Å². The van der Waals surface area contributed by atoms with Gasteiger partial charge in [-0.3, -0.25) is 4.79 Å². The number of benzene rings is 1. The number of rotatable bonds is 14. The third-order valence-corrected chi connectivity index (χ3v) is 4.80. The molecule has 0 aliphatic heterocycles. The number of carbonyl (C=O) groups is 1. The Hall–Kier alpha value is -2.21. The third-order valence-electron chi connectivity index (χ3n) is 4.80. The van der Waals surface area contributed by atoms with Crippen LogP contribution in [-0.2, 0) is 9.53 Å². The first-order chi connectivity index (χ1) is 14.5. The number of aliphatic hydroxyl groups is 3. The van der Waals surface area contributed by atoms with Gasteiger partial charge < -0.3 is 20.1 Å². The molecule has 0 amide bonds. The highest BCUT2D eigenvalue weighted by molar-refractivity contribution is 5.69. The Morgan fingerprint density at radius 2 is 1.67 bits per heavy atom. The molecule has 5 heteroatoms. The van der Waals surface area contributed by atoms with Gasteiger partial charge in [0, 0.05) is 6.42 Å². The van der Waals surface area contributed by atoms with E-state index in [-0.39, 0.29) is 12.4 Å². The Morgan fingerprint density at radius 1 is 0.967 bits per heavy atom. The predicted octanol–water partition coefficient (Wildman–Crippen LogP) is 4.28. The summed E-state index contributed by atoms with van der Waals surface area (Å²) in [4.78, 5) is 11.1. The summed E-state index contributed by atoms with van der Waals surface area (Å²) >= 11 is 0. The van der Waals surface area contributed by atoms with Crippen LogP contribution in [0.1, 0.15) is 63.0 Å². The van der Waals surface area contributed by atoms with Crippen LogP contribution in [0.25, 0.3) is 12.2 Å². The van der Waals surface area contributed by atoms with Gasteiger partial charge in [0.1, 0.15) is 0 Å². The molecule has 0 radical (unpaired) electrons. The first-order valence-electron chi connectivity index (χ1n) is 10.7. The first kappa shape index (κ1) is 25.8. The summed E-state index contributed by atoms with van der Waals surface area (Å²) in [5.41, 5.74) is 1.87. The number of aliphatic hydroxyl groups excluding tert-OH is 3. The summed E-state index contributed by atoms with van der Waals surface area (Å²) in [7, 11) is 1.33. The van der Waals surface area contributed by atoms with Crippen LogP contribution in [-0.4, -0.2) is 46.7 Å². The molecule has 1 unspecified atom stereocenters. The zero-order valence-electron chi connectivity index (χ0n) is 18.1. The fourth-order valence-electron chi connectivity index (χ4n) is 2.92. The molecule has 0 aliphatic carbocycles. The Kier molecular flexibility index (Phi) is 13.4. The van der Waals surface area contributed by atoms with Gasteiger partial charge in [0.05, 0.1) is 25.4 Å². The van der Waals surface area contributed by atoms with Crippen LogP contribution < -0.4 is 0 Å². The molecule has 0 aliphatic rings. The van der Waals surface area contributed by atoms with Crippen LogP contribution in [0.5, 0.6) is 0 Å². The molecule has 3 atom stereocenters. The molecular weight excluding hydrogens is 380 g/mol. The summed E-state index contributed by atoms with van der Waals surface area (Å²) in [6.45, 7) is 2.14. The van der Waals surface area contributed by atoms with Crippen LogP contribution in [0.3, 0.4) is 0 Å². The molecule has 166 valence electrons. The zero-order valence-corrected chi connectivity index (χ0v) is 18.1.